The predicted octanol–water partition coefficient (Wildman–Crippen LogP) is 2.47. The molecule has 0 spiro atoms. The van der Waals surface area contributed by atoms with Gasteiger partial charge in [-0.25, -0.2) is 5.84 Å². The molecule has 26 heavy (non-hydrogen) atoms. The number of benzene rings is 2. The highest BCUT2D eigenvalue weighted by Crippen LogP contribution is 2.27. The van der Waals surface area contributed by atoms with Crippen molar-refractivity contribution in [3.8, 4) is 11.5 Å². The number of nitrogens with one attached hydrogen (secondary N) is 2. The van der Waals surface area contributed by atoms with Gasteiger partial charge in [-0.2, -0.15) is 0 Å². The monoisotopic (exact) mass is 395 g/mol. The average molecular weight is 396 g/mol. The van der Waals surface area contributed by atoms with Crippen molar-refractivity contribution < 1.29 is 19.4 Å². The van der Waals surface area contributed by atoms with Crippen LogP contribution in [0.3, 0.4) is 0 Å². The van der Waals surface area contributed by atoms with Gasteiger partial charge in [0.25, 0.3) is 11.8 Å². The summed E-state index contributed by atoms with van der Waals surface area (Å²) in [5, 5.41) is 12.6. The van der Waals surface area contributed by atoms with Crippen molar-refractivity contribution in [2.24, 2.45) is 5.84 Å². The van der Waals surface area contributed by atoms with E-state index in [-0.39, 0.29) is 27.8 Å². The van der Waals surface area contributed by atoms with E-state index in [1.54, 1.807) is 0 Å². The molecule has 0 fully saturated rings. The number of phenolic OH excluding ortho intramolecular Hbond substituents is 1. The number of methoxy groups -OCH3 is 1. The number of hydrazine groups is 1. The third-order valence-electron chi connectivity index (χ3n) is 3.31. The predicted molar refractivity (Wildman–Crippen MR) is 98.9 cm³/mol. The van der Waals surface area contributed by atoms with Crippen LogP contribution in [0.4, 0.5) is 0 Å². The second-order valence-corrected chi connectivity index (χ2v) is 5.88. The maximum Gasteiger partial charge on any atom is 0.281 e. The quantitative estimate of drug-likeness (QED) is 0.268. The molecule has 0 aromatic heterocycles. The Labute approximate surface area is 159 Å². The van der Waals surface area contributed by atoms with E-state index in [0.717, 1.165) is 0 Å². The van der Waals surface area contributed by atoms with Gasteiger partial charge >= 0.3 is 0 Å². The van der Waals surface area contributed by atoms with Crippen LogP contribution in [0.2, 0.25) is 10.0 Å². The third kappa shape index (κ3) is 4.66. The summed E-state index contributed by atoms with van der Waals surface area (Å²) in [4.78, 5) is 24.4. The molecule has 136 valence electrons. The first-order valence-electron chi connectivity index (χ1n) is 7.21. The molecule has 0 unspecified atom stereocenters. The van der Waals surface area contributed by atoms with E-state index < -0.39 is 11.8 Å². The van der Waals surface area contributed by atoms with Crippen LogP contribution in [0.5, 0.6) is 11.5 Å². The lowest BCUT2D eigenvalue weighted by molar-refractivity contribution is -0.117. The SMILES string of the molecule is COc1cc(/C=C(/NC(=O)c2ccc(Cl)cc2Cl)C(=O)NN)ccc1O. The molecule has 2 amide bonds. The smallest absolute Gasteiger partial charge is 0.281 e. The number of ether oxygens (including phenoxy) is 1. The number of halogens is 2. The minimum absolute atomic E-state index is 0.0635. The molecule has 0 aliphatic rings. The number of hydrogen-bond donors (Lipinski definition) is 4. The van der Waals surface area contributed by atoms with Crippen molar-refractivity contribution in [1.29, 1.82) is 0 Å². The first-order chi connectivity index (χ1) is 12.3. The van der Waals surface area contributed by atoms with E-state index in [1.807, 2.05) is 5.43 Å². The van der Waals surface area contributed by atoms with Crippen LogP contribution >= 0.6 is 23.2 Å². The highest BCUT2D eigenvalue weighted by atomic mass is 35.5. The molecule has 0 radical (unpaired) electrons. The number of carbonyl (C=O) groups is 2. The molecule has 0 saturated carbocycles. The van der Waals surface area contributed by atoms with Crippen LogP contribution in [0, 0.1) is 0 Å². The van der Waals surface area contributed by atoms with Gasteiger partial charge in [0.15, 0.2) is 11.5 Å². The topological polar surface area (TPSA) is 114 Å². The van der Waals surface area contributed by atoms with Gasteiger partial charge in [-0.15, -0.1) is 0 Å². The third-order valence-corrected chi connectivity index (χ3v) is 3.86. The zero-order valence-electron chi connectivity index (χ0n) is 13.5. The van der Waals surface area contributed by atoms with E-state index in [2.05, 4.69) is 5.32 Å². The molecule has 2 aromatic rings. The van der Waals surface area contributed by atoms with Crippen LogP contribution in [0.15, 0.2) is 42.1 Å². The van der Waals surface area contributed by atoms with Crippen LogP contribution < -0.4 is 21.3 Å². The lowest BCUT2D eigenvalue weighted by Gasteiger charge is -2.11. The van der Waals surface area contributed by atoms with Crippen LogP contribution in [-0.4, -0.2) is 24.0 Å². The fraction of sp³-hybridized carbons (Fsp3) is 0.0588. The number of rotatable bonds is 5. The van der Waals surface area contributed by atoms with E-state index in [0.29, 0.717) is 10.6 Å². The lowest BCUT2D eigenvalue weighted by Crippen LogP contribution is -2.38. The van der Waals surface area contributed by atoms with Crippen LogP contribution in [-0.2, 0) is 4.79 Å². The number of phenols is 1. The van der Waals surface area contributed by atoms with Gasteiger partial charge < -0.3 is 15.2 Å². The molecule has 0 atom stereocenters. The van der Waals surface area contributed by atoms with Crippen molar-refractivity contribution in [2.45, 2.75) is 0 Å². The van der Waals surface area contributed by atoms with Gasteiger partial charge in [0, 0.05) is 5.02 Å². The van der Waals surface area contributed by atoms with E-state index in [1.165, 1.54) is 49.6 Å². The van der Waals surface area contributed by atoms with Gasteiger partial charge in [0.05, 0.1) is 17.7 Å². The molecule has 9 heteroatoms. The Morgan fingerprint density at radius 1 is 1.19 bits per heavy atom. The van der Waals surface area contributed by atoms with E-state index >= 15 is 0 Å². The summed E-state index contributed by atoms with van der Waals surface area (Å²) < 4.78 is 5.01. The molecule has 0 bridgehead atoms. The molecule has 5 N–H and O–H groups in total. The maximum absolute atomic E-state index is 12.4. The highest BCUT2D eigenvalue weighted by Gasteiger charge is 2.16. The molecule has 0 aliphatic carbocycles. The average Bonchev–Trinajstić information content (AvgIpc) is 2.61. The molecule has 2 aromatic carbocycles. The Balaban J connectivity index is 2.36. The van der Waals surface area contributed by atoms with Crippen molar-refractivity contribution in [1.82, 2.24) is 10.7 Å². The second-order valence-electron chi connectivity index (χ2n) is 5.04. The molecule has 0 aliphatic heterocycles. The lowest BCUT2D eigenvalue weighted by atomic mass is 10.1. The largest absolute Gasteiger partial charge is 0.504 e. The first-order valence-corrected chi connectivity index (χ1v) is 7.97. The van der Waals surface area contributed by atoms with Crippen LogP contribution in [0.25, 0.3) is 6.08 Å². The van der Waals surface area contributed by atoms with Crippen LogP contribution in [0.1, 0.15) is 15.9 Å². The van der Waals surface area contributed by atoms with Gasteiger partial charge in [-0.3, -0.25) is 15.0 Å². The molecular weight excluding hydrogens is 381 g/mol. The molecule has 0 saturated heterocycles. The Morgan fingerprint density at radius 2 is 1.92 bits per heavy atom. The molecule has 7 nitrogen and oxygen atoms in total. The van der Waals surface area contributed by atoms with Gasteiger partial charge in [-0.1, -0.05) is 29.3 Å². The van der Waals surface area contributed by atoms with Crippen molar-refractivity contribution in [3.05, 3.63) is 63.3 Å². The number of carbonyl (C=O) groups excluding carboxylic acids is 2. The fourth-order valence-electron chi connectivity index (χ4n) is 2.05. The first kappa shape index (κ1) is 19.6. The zero-order valence-corrected chi connectivity index (χ0v) is 15.1. The summed E-state index contributed by atoms with van der Waals surface area (Å²) in [5.74, 6) is 3.97. The normalized spacial score (nSPS) is 11.0. The molecular formula is C17H15Cl2N3O4. The number of amides is 2. The summed E-state index contributed by atoms with van der Waals surface area (Å²) in [6.45, 7) is 0. The van der Waals surface area contributed by atoms with Crippen molar-refractivity contribution >= 4 is 41.1 Å². The van der Waals surface area contributed by atoms with Crippen molar-refractivity contribution in [3.63, 3.8) is 0 Å². The second kappa shape index (κ2) is 8.57. The van der Waals surface area contributed by atoms with E-state index in [4.69, 9.17) is 33.8 Å². The summed E-state index contributed by atoms with van der Waals surface area (Å²) in [5.41, 5.74) is 2.44. The Kier molecular flexibility index (Phi) is 6.46. The van der Waals surface area contributed by atoms with Crippen molar-refractivity contribution in [2.75, 3.05) is 7.11 Å². The van der Waals surface area contributed by atoms with Gasteiger partial charge in [-0.05, 0) is 42.0 Å². The standard InChI is InChI=1S/C17H15Cl2N3O4/c1-26-15-7-9(2-5-14(15)23)6-13(17(25)22-20)21-16(24)11-4-3-10(18)8-12(11)19/h2-8,23H,20H2,1H3,(H,21,24)(H,22,25)/b13-6+. The number of hydrogen-bond acceptors (Lipinski definition) is 5. The van der Waals surface area contributed by atoms with Gasteiger partial charge in [0.1, 0.15) is 5.70 Å². The fourth-order valence-corrected chi connectivity index (χ4v) is 2.54. The number of aromatic hydroxyl groups is 1. The minimum atomic E-state index is -0.726. The Bertz CT molecular complexity index is 884. The highest BCUT2D eigenvalue weighted by molar-refractivity contribution is 6.36. The summed E-state index contributed by atoms with van der Waals surface area (Å²) in [6.07, 6.45) is 1.37. The molecule has 2 rings (SSSR count). The summed E-state index contributed by atoms with van der Waals surface area (Å²) >= 11 is 11.8. The van der Waals surface area contributed by atoms with E-state index in [9.17, 15) is 14.7 Å². The van der Waals surface area contributed by atoms with Gasteiger partial charge in [0.2, 0.25) is 0 Å². The Hall–Kier alpha value is -2.74. The molecule has 0 heterocycles. The minimum Gasteiger partial charge on any atom is -0.504 e. The maximum atomic E-state index is 12.4. The zero-order chi connectivity index (χ0) is 19.3. The summed E-state index contributed by atoms with van der Waals surface area (Å²) in [7, 11) is 1.39. The number of nitrogens with two attached hydrogens (primary N) is 1. The Morgan fingerprint density at radius 3 is 2.54 bits per heavy atom. The summed E-state index contributed by atoms with van der Waals surface area (Å²) in [6, 6.07) is 8.75.